The molecule has 2 aliphatic heterocycles. The molecule has 1 atom stereocenters. The number of likely N-dealkylation sites (tertiary alicyclic amines) is 1. The van der Waals surface area contributed by atoms with Gasteiger partial charge in [-0.1, -0.05) is 36.8 Å². The molecular formula is C18H28N2. The molecule has 0 aromatic heterocycles. The van der Waals surface area contributed by atoms with Crippen LogP contribution in [0.5, 0.6) is 0 Å². The molecule has 1 unspecified atom stereocenters. The fraction of sp³-hybridized carbons (Fsp3) is 0.667. The minimum absolute atomic E-state index is 0.801. The Morgan fingerprint density at radius 1 is 1.00 bits per heavy atom. The van der Waals surface area contributed by atoms with Crippen LogP contribution in [0, 0.1) is 5.92 Å². The third-order valence-corrected chi connectivity index (χ3v) is 5.05. The average molecular weight is 272 g/mol. The Kier molecular flexibility index (Phi) is 5.10. The van der Waals surface area contributed by atoms with Crippen LogP contribution in [0.2, 0.25) is 0 Å². The number of hydrogen-bond acceptors (Lipinski definition) is 2. The van der Waals surface area contributed by atoms with Gasteiger partial charge in [0.15, 0.2) is 0 Å². The largest absolute Gasteiger partial charge is 0.315 e. The summed E-state index contributed by atoms with van der Waals surface area (Å²) < 4.78 is 0. The van der Waals surface area contributed by atoms with Crippen molar-refractivity contribution in [2.24, 2.45) is 5.92 Å². The molecule has 110 valence electrons. The third-order valence-electron chi connectivity index (χ3n) is 5.05. The van der Waals surface area contributed by atoms with Gasteiger partial charge in [0.05, 0.1) is 0 Å². The van der Waals surface area contributed by atoms with Crippen molar-refractivity contribution in [1.29, 1.82) is 0 Å². The maximum Gasteiger partial charge on any atom is 0.0220 e. The van der Waals surface area contributed by atoms with Gasteiger partial charge < -0.3 is 5.32 Å². The molecule has 0 saturated carbocycles. The predicted octanol–water partition coefficient (Wildman–Crippen LogP) is 3.08. The van der Waals surface area contributed by atoms with Gasteiger partial charge in [0, 0.05) is 12.6 Å². The lowest BCUT2D eigenvalue weighted by Gasteiger charge is -2.37. The molecule has 1 N–H and O–H groups in total. The van der Waals surface area contributed by atoms with Crippen LogP contribution in [0.15, 0.2) is 30.3 Å². The molecule has 3 rings (SSSR count). The van der Waals surface area contributed by atoms with E-state index in [4.69, 9.17) is 0 Å². The third kappa shape index (κ3) is 3.83. The summed E-state index contributed by atoms with van der Waals surface area (Å²) in [6.45, 7) is 5.05. The fourth-order valence-corrected chi connectivity index (χ4v) is 3.78. The van der Waals surface area contributed by atoms with Crippen LogP contribution in [0.3, 0.4) is 0 Å². The summed E-state index contributed by atoms with van der Waals surface area (Å²) in [5, 5.41) is 3.60. The van der Waals surface area contributed by atoms with E-state index in [0.29, 0.717) is 0 Å². The van der Waals surface area contributed by atoms with Gasteiger partial charge in [-0.25, -0.2) is 0 Å². The smallest absolute Gasteiger partial charge is 0.0220 e. The second-order valence-electron chi connectivity index (χ2n) is 6.52. The van der Waals surface area contributed by atoms with E-state index in [1.54, 1.807) is 0 Å². The molecule has 2 saturated heterocycles. The number of hydrogen-bond donors (Lipinski definition) is 1. The van der Waals surface area contributed by atoms with E-state index >= 15 is 0 Å². The van der Waals surface area contributed by atoms with E-state index in [-0.39, 0.29) is 0 Å². The van der Waals surface area contributed by atoms with E-state index in [9.17, 15) is 0 Å². The highest BCUT2D eigenvalue weighted by Gasteiger charge is 2.25. The topological polar surface area (TPSA) is 15.3 Å². The van der Waals surface area contributed by atoms with Gasteiger partial charge >= 0.3 is 0 Å². The molecule has 0 bridgehead atoms. The molecule has 2 heteroatoms. The first-order valence-electron chi connectivity index (χ1n) is 8.40. The molecule has 20 heavy (non-hydrogen) atoms. The minimum atomic E-state index is 0.801. The monoisotopic (exact) mass is 272 g/mol. The first-order chi connectivity index (χ1) is 9.92. The maximum absolute atomic E-state index is 3.60. The van der Waals surface area contributed by atoms with Gasteiger partial charge in [-0.05, 0) is 63.2 Å². The molecule has 2 aliphatic rings. The van der Waals surface area contributed by atoms with Crippen molar-refractivity contribution in [3.05, 3.63) is 35.9 Å². The van der Waals surface area contributed by atoms with Gasteiger partial charge in [-0.15, -0.1) is 0 Å². The maximum atomic E-state index is 3.60. The molecule has 0 amide bonds. The van der Waals surface area contributed by atoms with Crippen molar-refractivity contribution in [2.45, 2.75) is 44.6 Å². The summed E-state index contributed by atoms with van der Waals surface area (Å²) in [4.78, 5) is 2.75. The van der Waals surface area contributed by atoms with Crippen LogP contribution in [-0.2, 0) is 6.42 Å². The fourth-order valence-electron chi connectivity index (χ4n) is 3.78. The molecule has 0 aliphatic carbocycles. The highest BCUT2D eigenvalue weighted by atomic mass is 15.2. The second-order valence-corrected chi connectivity index (χ2v) is 6.52. The van der Waals surface area contributed by atoms with Crippen molar-refractivity contribution in [1.82, 2.24) is 10.2 Å². The number of nitrogens with zero attached hydrogens (tertiary/aromatic N) is 1. The van der Waals surface area contributed by atoms with E-state index in [1.165, 1.54) is 70.3 Å². The summed E-state index contributed by atoms with van der Waals surface area (Å²) in [5.41, 5.74) is 1.52. The van der Waals surface area contributed by atoms with Crippen LogP contribution >= 0.6 is 0 Å². The van der Waals surface area contributed by atoms with Crippen molar-refractivity contribution in [3.63, 3.8) is 0 Å². The normalized spacial score (nSPS) is 26.3. The van der Waals surface area contributed by atoms with Gasteiger partial charge in [0.25, 0.3) is 0 Å². The molecule has 1 aromatic carbocycles. The molecule has 1 aromatic rings. The summed E-state index contributed by atoms with van der Waals surface area (Å²) >= 11 is 0. The van der Waals surface area contributed by atoms with Gasteiger partial charge in [0.1, 0.15) is 0 Å². The Balaban J connectivity index is 1.46. The summed E-state index contributed by atoms with van der Waals surface area (Å²) in [6, 6.07) is 11.8. The second kappa shape index (κ2) is 7.24. The Morgan fingerprint density at radius 3 is 2.60 bits per heavy atom. The first kappa shape index (κ1) is 14.1. The van der Waals surface area contributed by atoms with Crippen molar-refractivity contribution in [2.75, 3.05) is 26.2 Å². The van der Waals surface area contributed by atoms with Gasteiger partial charge in [-0.3, -0.25) is 4.90 Å². The highest BCUT2D eigenvalue weighted by Crippen LogP contribution is 2.24. The average Bonchev–Trinajstić information content (AvgIpc) is 2.78. The van der Waals surface area contributed by atoms with E-state index in [1.807, 2.05) is 0 Å². The predicted molar refractivity (Wildman–Crippen MR) is 85.0 cm³/mol. The Bertz CT molecular complexity index is 374. The zero-order chi connectivity index (χ0) is 13.6. The number of nitrogens with one attached hydrogen (secondary N) is 1. The number of rotatable bonds is 3. The molecule has 2 heterocycles. The van der Waals surface area contributed by atoms with Crippen molar-refractivity contribution in [3.8, 4) is 0 Å². The van der Waals surface area contributed by atoms with Crippen molar-refractivity contribution >= 4 is 0 Å². The minimum Gasteiger partial charge on any atom is -0.315 e. The van der Waals surface area contributed by atoms with E-state index in [2.05, 4.69) is 40.5 Å². The molecule has 2 nitrogen and oxygen atoms in total. The van der Waals surface area contributed by atoms with Crippen LogP contribution in [-0.4, -0.2) is 37.1 Å². The zero-order valence-corrected chi connectivity index (χ0v) is 12.6. The van der Waals surface area contributed by atoms with Crippen LogP contribution in [0.1, 0.15) is 37.7 Å². The summed E-state index contributed by atoms with van der Waals surface area (Å²) in [6.07, 6.45) is 8.20. The standard InChI is InChI=1S/C18H28N2/c1-2-6-16(7-3-1)14-17-9-12-20(13-10-17)18-8-4-5-11-19-15-18/h1-3,6-7,17-19H,4-5,8-15H2. The lowest BCUT2D eigenvalue weighted by Crippen LogP contribution is -2.45. The SMILES string of the molecule is c1ccc(CC2CCN(C3CCCCNC3)CC2)cc1. The van der Waals surface area contributed by atoms with E-state index in [0.717, 1.165) is 12.0 Å². The summed E-state index contributed by atoms with van der Waals surface area (Å²) in [7, 11) is 0. The van der Waals surface area contributed by atoms with Crippen LogP contribution in [0.25, 0.3) is 0 Å². The first-order valence-corrected chi connectivity index (χ1v) is 8.40. The number of benzene rings is 1. The van der Waals surface area contributed by atoms with E-state index < -0.39 is 0 Å². The van der Waals surface area contributed by atoms with Gasteiger partial charge in [0.2, 0.25) is 0 Å². The number of piperidine rings is 1. The van der Waals surface area contributed by atoms with Crippen molar-refractivity contribution < 1.29 is 0 Å². The highest BCUT2D eigenvalue weighted by molar-refractivity contribution is 5.15. The Labute approximate surface area is 123 Å². The molecule has 0 radical (unpaired) electrons. The quantitative estimate of drug-likeness (QED) is 0.909. The lowest BCUT2D eigenvalue weighted by atomic mass is 9.89. The molecule has 2 fully saturated rings. The molecular weight excluding hydrogens is 244 g/mol. The zero-order valence-electron chi connectivity index (χ0n) is 12.6. The van der Waals surface area contributed by atoms with Crippen LogP contribution in [0.4, 0.5) is 0 Å². The Morgan fingerprint density at radius 2 is 1.80 bits per heavy atom. The van der Waals surface area contributed by atoms with Gasteiger partial charge in [-0.2, -0.15) is 0 Å². The Hall–Kier alpha value is -0.860. The van der Waals surface area contributed by atoms with Crippen LogP contribution < -0.4 is 5.32 Å². The summed E-state index contributed by atoms with van der Waals surface area (Å²) in [5.74, 6) is 0.896. The molecule has 0 spiro atoms. The lowest BCUT2D eigenvalue weighted by molar-refractivity contribution is 0.127.